The number of carbonyl (C=O) groups is 2. The maximum atomic E-state index is 12.5. The van der Waals surface area contributed by atoms with Gasteiger partial charge in [-0.1, -0.05) is 60.7 Å². The molecule has 0 aliphatic heterocycles. The van der Waals surface area contributed by atoms with Gasteiger partial charge in [0, 0.05) is 12.2 Å². The Kier molecular flexibility index (Phi) is 7.43. The molecule has 0 bridgehead atoms. The fourth-order valence-corrected chi connectivity index (χ4v) is 2.67. The second-order valence-corrected chi connectivity index (χ2v) is 5.85. The molecule has 0 saturated heterocycles. The van der Waals surface area contributed by atoms with Crippen molar-refractivity contribution in [3.63, 3.8) is 0 Å². The molecule has 1 atom stereocenters. The van der Waals surface area contributed by atoms with Gasteiger partial charge in [-0.25, -0.2) is 9.59 Å². The van der Waals surface area contributed by atoms with Crippen LogP contribution in [0.2, 0.25) is 0 Å². The number of alkyl carbamates (subject to hydrolysis) is 1. The van der Waals surface area contributed by atoms with Crippen molar-refractivity contribution in [3.05, 3.63) is 83.1 Å². The maximum absolute atomic E-state index is 12.5. The van der Waals surface area contributed by atoms with E-state index in [-0.39, 0.29) is 0 Å². The fraction of sp³-hybridized carbons (Fsp3) is 0.238. The van der Waals surface area contributed by atoms with E-state index in [1.165, 1.54) is 14.2 Å². The molecule has 2 N–H and O–H groups in total. The van der Waals surface area contributed by atoms with Crippen LogP contribution in [0, 0.1) is 0 Å². The Morgan fingerprint density at radius 1 is 0.926 bits per heavy atom. The van der Waals surface area contributed by atoms with Crippen LogP contribution >= 0.6 is 0 Å². The van der Waals surface area contributed by atoms with Crippen molar-refractivity contribution in [2.24, 2.45) is 0 Å². The van der Waals surface area contributed by atoms with E-state index in [9.17, 15) is 9.59 Å². The number of ether oxygens (including phenoxy) is 2. The average Bonchev–Trinajstić information content (AvgIpc) is 2.72. The van der Waals surface area contributed by atoms with Crippen molar-refractivity contribution in [2.75, 3.05) is 14.2 Å². The molecular weight excluding hydrogens is 344 g/mol. The van der Waals surface area contributed by atoms with Crippen LogP contribution in [-0.4, -0.2) is 26.3 Å². The molecule has 0 spiro atoms. The molecule has 0 aliphatic carbocycles. The van der Waals surface area contributed by atoms with E-state index in [1.54, 1.807) is 6.92 Å². The van der Waals surface area contributed by atoms with Crippen molar-refractivity contribution in [3.8, 4) is 0 Å². The molecular formula is C21H24N2O4. The topological polar surface area (TPSA) is 76.7 Å². The van der Waals surface area contributed by atoms with Crippen molar-refractivity contribution >= 4 is 12.1 Å². The molecule has 2 aromatic carbocycles. The van der Waals surface area contributed by atoms with Crippen LogP contribution in [0.5, 0.6) is 0 Å². The van der Waals surface area contributed by atoms with Crippen LogP contribution in [0.1, 0.15) is 24.1 Å². The van der Waals surface area contributed by atoms with E-state index in [0.717, 1.165) is 11.1 Å². The van der Waals surface area contributed by atoms with Crippen LogP contribution in [0.3, 0.4) is 0 Å². The summed E-state index contributed by atoms with van der Waals surface area (Å²) in [6, 6.07) is 18.3. The van der Waals surface area contributed by atoms with E-state index >= 15 is 0 Å². The lowest BCUT2D eigenvalue weighted by molar-refractivity contribution is -0.136. The highest BCUT2D eigenvalue weighted by molar-refractivity contribution is 5.91. The number of methoxy groups -OCH3 is 2. The first-order chi connectivity index (χ1) is 13.1. The minimum Gasteiger partial charge on any atom is -0.466 e. The molecule has 142 valence electrons. The summed E-state index contributed by atoms with van der Waals surface area (Å²) in [7, 11) is 2.59. The van der Waals surface area contributed by atoms with Crippen LogP contribution in [0.25, 0.3) is 0 Å². The molecule has 27 heavy (non-hydrogen) atoms. The molecule has 0 radical (unpaired) electrons. The van der Waals surface area contributed by atoms with E-state index in [0.29, 0.717) is 17.8 Å². The standard InChI is InChI=1S/C21H24N2O4/c1-15(22-14-16-10-6-4-7-11-16)18(20(24)26-2)19(23-21(25)27-3)17-12-8-5-9-13-17/h4-13,19,22H,14H2,1-3H3,(H,23,25)/t19-/m0/s1. The minimum absolute atomic E-state index is 0.310. The third-order valence-corrected chi connectivity index (χ3v) is 4.08. The maximum Gasteiger partial charge on any atom is 0.407 e. The summed E-state index contributed by atoms with van der Waals surface area (Å²) >= 11 is 0. The monoisotopic (exact) mass is 368 g/mol. The van der Waals surface area contributed by atoms with Gasteiger partial charge in [-0.05, 0) is 18.1 Å². The first kappa shape index (κ1) is 20.0. The number of rotatable bonds is 7. The van der Waals surface area contributed by atoms with E-state index in [4.69, 9.17) is 9.47 Å². The smallest absolute Gasteiger partial charge is 0.407 e. The second kappa shape index (κ2) is 10.0. The van der Waals surface area contributed by atoms with Crippen LogP contribution < -0.4 is 10.6 Å². The Hall–Kier alpha value is -3.28. The van der Waals surface area contributed by atoms with Crippen LogP contribution in [-0.2, 0) is 20.8 Å². The molecule has 1 amide bonds. The third-order valence-electron chi connectivity index (χ3n) is 4.08. The van der Waals surface area contributed by atoms with Gasteiger partial charge >= 0.3 is 12.1 Å². The number of esters is 1. The summed E-state index contributed by atoms with van der Waals surface area (Å²) in [4.78, 5) is 24.4. The summed E-state index contributed by atoms with van der Waals surface area (Å²) in [6.07, 6.45) is -0.638. The summed E-state index contributed by atoms with van der Waals surface area (Å²) in [5, 5.41) is 5.96. The Balaban J connectivity index is 2.39. The third kappa shape index (κ3) is 5.60. The predicted octanol–water partition coefficient (Wildman–Crippen LogP) is 3.32. The first-order valence-electron chi connectivity index (χ1n) is 8.53. The molecule has 0 aromatic heterocycles. The van der Waals surface area contributed by atoms with Gasteiger partial charge in [-0.15, -0.1) is 0 Å². The Bertz CT molecular complexity index is 788. The van der Waals surface area contributed by atoms with Crippen molar-refractivity contribution in [1.29, 1.82) is 0 Å². The fourth-order valence-electron chi connectivity index (χ4n) is 2.67. The lowest BCUT2D eigenvalue weighted by atomic mass is 9.97. The first-order valence-corrected chi connectivity index (χ1v) is 8.53. The zero-order valence-electron chi connectivity index (χ0n) is 15.7. The molecule has 6 heteroatoms. The van der Waals surface area contributed by atoms with Gasteiger partial charge in [0.25, 0.3) is 0 Å². The summed E-state index contributed by atoms with van der Waals surface area (Å²) in [6.45, 7) is 2.32. The summed E-state index contributed by atoms with van der Waals surface area (Å²) < 4.78 is 9.70. The van der Waals surface area contributed by atoms with Crippen LogP contribution in [0.15, 0.2) is 71.9 Å². The molecule has 0 aliphatic rings. The largest absolute Gasteiger partial charge is 0.466 e. The Morgan fingerprint density at radius 3 is 2.07 bits per heavy atom. The highest BCUT2D eigenvalue weighted by atomic mass is 16.5. The number of carbonyl (C=O) groups excluding carboxylic acids is 2. The van der Waals surface area contributed by atoms with Crippen LogP contribution in [0.4, 0.5) is 4.79 Å². The molecule has 0 saturated carbocycles. The molecule has 6 nitrogen and oxygen atoms in total. The molecule has 0 heterocycles. The minimum atomic E-state index is -0.714. The van der Waals surface area contributed by atoms with Gasteiger partial charge in [-0.2, -0.15) is 0 Å². The Morgan fingerprint density at radius 2 is 1.52 bits per heavy atom. The van der Waals surface area contributed by atoms with E-state index in [2.05, 4.69) is 10.6 Å². The van der Waals surface area contributed by atoms with Crippen molar-refractivity contribution < 1.29 is 19.1 Å². The van der Waals surface area contributed by atoms with Gasteiger partial charge in [0.2, 0.25) is 0 Å². The second-order valence-electron chi connectivity index (χ2n) is 5.85. The number of benzene rings is 2. The highest BCUT2D eigenvalue weighted by Crippen LogP contribution is 2.25. The number of hydrogen-bond donors (Lipinski definition) is 2. The zero-order valence-corrected chi connectivity index (χ0v) is 15.7. The van der Waals surface area contributed by atoms with Crippen molar-refractivity contribution in [2.45, 2.75) is 19.5 Å². The van der Waals surface area contributed by atoms with Gasteiger partial charge < -0.3 is 20.1 Å². The molecule has 2 rings (SSSR count). The van der Waals surface area contributed by atoms with E-state index in [1.807, 2.05) is 60.7 Å². The highest BCUT2D eigenvalue weighted by Gasteiger charge is 2.28. The number of hydrogen-bond acceptors (Lipinski definition) is 5. The SMILES string of the molecule is COC(=O)N[C@H](C(C(=O)OC)=C(C)NCc1ccccc1)c1ccccc1. The molecule has 2 aromatic rings. The predicted molar refractivity (Wildman–Crippen MR) is 103 cm³/mol. The van der Waals surface area contributed by atoms with Crippen molar-refractivity contribution in [1.82, 2.24) is 10.6 Å². The number of amides is 1. The normalized spacial score (nSPS) is 12.4. The quantitative estimate of drug-likeness (QED) is 0.579. The lowest BCUT2D eigenvalue weighted by Gasteiger charge is -2.23. The zero-order chi connectivity index (χ0) is 19.6. The number of nitrogens with one attached hydrogen (secondary N) is 2. The van der Waals surface area contributed by atoms with Gasteiger partial charge in [0.05, 0.1) is 25.8 Å². The molecule has 0 unspecified atom stereocenters. The average molecular weight is 368 g/mol. The Labute approximate surface area is 159 Å². The summed E-state index contributed by atoms with van der Waals surface area (Å²) in [5.74, 6) is -0.529. The summed E-state index contributed by atoms with van der Waals surface area (Å²) in [5.41, 5.74) is 2.73. The number of allylic oxidation sites excluding steroid dienone is 1. The lowest BCUT2D eigenvalue weighted by Crippen LogP contribution is -2.34. The van der Waals surface area contributed by atoms with Gasteiger partial charge in [-0.3, -0.25) is 0 Å². The van der Waals surface area contributed by atoms with Gasteiger partial charge in [0.15, 0.2) is 0 Å². The van der Waals surface area contributed by atoms with Gasteiger partial charge in [0.1, 0.15) is 0 Å². The van der Waals surface area contributed by atoms with E-state index < -0.39 is 18.1 Å². The molecule has 0 fully saturated rings.